The molecule has 2 aromatic rings. The van der Waals surface area contributed by atoms with Gasteiger partial charge in [0.1, 0.15) is 5.75 Å². The molecule has 3 rings (SSSR count). The van der Waals surface area contributed by atoms with Crippen molar-refractivity contribution in [2.75, 3.05) is 26.8 Å². The van der Waals surface area contributed by atoms with Crippen LogP contribution in [0.3, 0.4) is 0 Å². The molecule has 0 aliphatic carbocycles. The third kappa shape index (κ3) is 4.61. The molecule has 0 radical (unpaired) electrons. The minimum absolute atomic E-state index is 0.0474. The minimum Gasteiger partial charge on any atom is -0.497 e. The molecule has 0 spiro atoms. The number of likely N-dealkylation sites (tertiary alicyclic amines) is 1. The average molecular weight is 354 g/mol. The molecule has 1 fully saturated rings. The fourth-order valence-electron chi connectivity index (χ4n) is 3.38. The third-order valence-corrected chi connectivity index (χ3v) is 4.81. The topological polar surface area (TPSA) is 51.7 Å². The molecule has 0 N–H and O–H groups in total. The van der Waals surface area contributed by atoms with Crippen molar-refractivity contribution in [3.8, 4) is 16.9 Å². The Balaban J connectivity index is 1.62. The van der Waals surface area contributed by atoms with Crippen LogP contribution in [0.5, 0.6) is 5.75 Å². The van der Waals surface area contributed by atoms with Gasteiger partial charge in [0.05, 0.1) is 19.6 Å². The zero-order valence-electron chi connectivity index (χ0n) is 15.5. The van der Waals surface area contributed by atoms with Gasteiger partial charge in [-0.25, -0.2) is 0 Å². The maximum Gasteiger partial charge on any atom is 0.309 e. The van der Waals surface area contributed by atoms with Gasteiger partial charge in [0.25, 0.3) is 0 Å². The number of pyridine rings is 1. The maximum absolute atomic E-state index is 11.9. The Morgan fingerprint density at radius 2 is 2.00 bits per heavy atom. The van der Waals surface area contributed by atoms with E-state index in [9.17, 15) is 4.79 Å². The van der Waals surface area contributed by atoms with E-state index in [0.717, 1.165) is 49.4 Å². The second-order valence-corrected chi connectivity index (χ2v) is 6.62. The lowest BCUT2D eigenvalue weighted by Crippen LogP contribution is -2.36. The summed E-state index contributed by atoms with van der Waals surface area (Å²) < 4.78 is 10.4. The molecule has 1 aliphatic rings. The van der Waals surface area contributed by atoms with Gasteiger partial charge < -0.3 is 9.47 Å². The van der Waals surface area contributed by atoms with Gasteiger partial charge in [-0.2, -0.15) is 0 Å². The number of methoxy groups -OCH3 is 1. The highest BCUT2D eigenvalue weighted by Gasteiger charge is 2.25. The van der Waals surface area contributed by atoms with E-state index in [1.54, 1.807) is 7.11 Å². The van der Waals surface area contributed by atoms with Crippen LogP contribution in [0.15, 0.2) is 42.7 Å². The highest BCUT2D eigenvalue weighted by molar-refractivity contribution is 5.72. The highest BCUT2D eigenvalue weighted by Crippen LogP contribution is 2.25. The molecular formula is C21H26N2O3. The summed E-state index contributed by atoms with van der Waals surface area (Å²) in [6.07, 6.45) is 5.52. The van der Waals surface area contributed by atoms with E-state index in [1.165, 1.54) is 5.56 Å². The van der Waals surface area contributed by atoms with E-state index in [-0.39, 0.29) is 11.9 Å². The van der Waals surface area contributed by atoms with Crippen LogP contribution in [0.4, 0.5) is 0 Å². The van der Waals surface area contributed by atoms with Crippen molar-refractivity contribution in [2.45, 2.75) is 26.3 Å². The molecule has 5 heteroatoms. The molecule has 0 unspecified atom stereocenters. The van der Waals surface area contributed by atoms with E-state index in [0.29, 0.717) is 6.61 Å². The fourth-order valence-corrected chi connectivity index (χ4v) is 3.38. The van der Waals surface area contributed by atoms with Crippen molar-refractivity contribution >= 4 is 5.97 Å². The number of benzene rings is 1. The van der Waals surface area contributed by atoms with Gasteiger partial charge in [-0.1, -0.05) is 12.1 Å². The Hall–Kier alpha value is -2.40. The van der Waals surface area contributed by atoms with Crippen molar-refractivity contribution in [3.05, 3.63) is 48.3 Å². The number of esters is 1. The number of piperidine rings is 1. The van der Waals surface area contributed by atoms with Gasteiger partial charge in [-0.05, 0) is 62.2 Å². The number of carbonyl (C=O) groups excluding carboxylic acids is 1. The van der Waals surface area contributed by atoms with Crippen LogP contribution in [0, 0.1) is 5.92 Å². The normalized spacial score (nSPS) is 15.6. The number of nitrogens with zero attached hydrogens (tertiary/aromatic N) is 2. The monoisotopic (exact) mass is 354 g/mol. The largest absolute Gasteiger partial charge is 0.497 e. The molecule has 0 amide bonds. The second-order valence-electron chi connectivity index (χ2n) is 6.62. The Bertz CT molecular complexity index is 740. The molecule has 2 heterocycles. The number of carbonyl (C=O) groups is 1. The first-order chi connectivity index (χ1) is 12.7. The zero-order valence-corrected chi connectivity index (χ0v) is 15.5. The summed E-state index contributed by atoms with van der Waals surface area (Å²) in [5.74, 6) is 0.843. The number of aromatic nitrogens is 1. The van der Waals surface area contributed by atoms with Crippen molar-refractivity contribution in [3.63, 3.8) is 0 Å². The molecule has 1 aliphatic heterocycles. The quantitative estimate of drug-likeness (QED) is 0.743. The summed E-state index contributed by atoms with van der Waals surface area (Å²) in [6.45, 7) is 4.98. The zero-order chi connectivity index (χ0) is 18.4. The van der Waals surface area contributed by atoms with E-state index < -0.39 is 0 Å². The number of rotatable bonds is 6. The molecule has 1 saturated heterocycles. The predicted octanol–water partition coefficient (Wildman–Crippen LogP) is 3.53. The van der Waals surface area contributed by atoms with Crippen molar-refractivity contribution < 1.29 is 14.3 Å². The second kappa shape index (κ2) is 8.81. The predicted molar refractivity (Wildman–Crippen MR) is 101 cm³/mol. The minimum atomic E-state index is -0.0474. The third-order valence-electron chi connectivity index (χ3n) is 4.81. The van der Waals surface area contributed by atoms with Crippen LogP contribution < -0.4 is 4.74 Å². The summed E-state index contributed by atoms with van der Waals surface area (Å²) in [5, 5.41) is 0. The van der Waals surface area contributed by atoms with E-state index in [4.69, 9.17) is 9.47 Å². The molecule has 26 heavy (non-hydrogen) atoms. The van der Waals surface area contributed by atoms with Crippen molar-refractivity contribution in [1.82, 2.24) is 9.88 Å². The molecule has 0 bridgehead atoms. The lowest BCUT2D eigenvalue weighted by molar-refractivity contribution is -0.149. The first-order valence-corrected chi connectivity index (χ1v) is 9.17. The SMILES string of the molecule is CCOC(=O)C1CCN(Cc2cncc(-c3cccc(OC)c3)c2)CC1. The summed E-state index contributed by atoms with van der Waals surface area (Å²) in [6, 6.07) is 10.2. The van der Waals surface area contributed by atoms with Gasteiger partial charge in [-0.15, -0.1) is 0 Å². The lowest BCUT2D eigenvalue weighted by atomic mass is 9.96. The maximum atomic E-state index is 11.9. The number of ether oxygens (including phenoxy) is 2. The van der Waals surface area contributed by atoms with Crippen molar-refractivity contribution in [2.24, 2.45) is 5.92 Å². The van der Waals surface area contributed by atoms with Crippen LogP contribution in [0.1, 0.15) is 25.3 Å². The van der Waals surface area contributed by atoms with Crippen LogP contribution in [0.2, 0.25) is 0 Å². The highest BCUT2D eigenvalue weighted by atomic mass is 16.5. The molecule has 0 saturated carbocycles. The Morgan fingerprint density at radius 3 is 2.73 bits per heavy atom. The lowest BCUT2D eigenvalue weighted by Gasteiger charge is -2.30. The van der Waals surface area contributed by atoms with Crippen molar-refractivity contribution in [1.29, 1.82) is 0 Å². The van der Waals surface area contributed by atoms with Gasteiger partial charge in [0, 0.05) is 24.5 Å². The van der Waals surface area contributed by atoms with E-state index in [2.05, 4.69) is 22.0 Å². The number of hydrogen-bond donors (Lipinski definition) is 0. The first-order valence-electron chi connectivity index (χ1n) is 9.17. The van der Waals surface area contributed by atoms with Gasteiger partial charge in [-0.3, -0.25) is 14.7 Å². The summed E-state index contributed by atoms with van der Waals surface area (Å²) in [7, 11) is 1.67. The molecule has 5 nitrogen and oxygen atoms in total. The van der Waals surface area contributed by atoms with E-state index >= 15 is 0 Å². The summed E-state index contributed by atoms with van der Waals surface area (Å²) >= 11 is 0. The van der Waals surface area contributed by atoms with Crippen LogP contribution in [0.25, 0.3) is 11.1 Å². The van der Waals surface area contributed by atoms with E-state index in [1.807, 2.05) is 37.5 Å². The molecule has 1 aromatic carbocycles. The Morgan fingerprint density at radius 1 is 1.19 bits per heavy atom. The van der Waals surface area contributed by atoms with Crippen LogP contribution in [-0.2, 0) is 16.1 Å². The number of hydrogen-bond acceptors (Lipinski definition) is 5. The smallest absolute Gasteiger partial charge is 0.309 e. The Kier molecular flexibility index (Phi) is 6.23. The summed E-state index contributed by atoms with van der Waals surface area (Å²) in [5.41, 5.74) is 3.36. The first kappa shape index (κ1) is 18.4. The van der Waals surface area contributed by atoms with Gasteiger partial charge >= 0.3 is 5.97 Å². The van der Waals surface area contributed by atoms with Gasteiger partial charge in [0.15, 0.2) is 0 Å². The van der Waals surface area contributed by atoms with Crippen LogP contribution >= 0.6 is 0 Å². The Labute approximate surface area is 155 Å². The molecule has 1 aromatic heterocycles. The van der Waals surface area contributed by atoms with Crippen LogP contribution in [-0.4, -0.2) is 42.7 Å². The molecule has 0 atom stereocenters. The molecule has 138 valence electrons. The fraction of sp³-hybridized carbons (Fsp3) is 0.429. The summed E-state index contributed by atoms with van der Waals surface area (Å²) in [4.78, 5) is 18.6. The van der Waals surface area contributed by atoms with Gasteiger partial charge in [0.2, 0.25) is 0 Å². The molecular weight excluding hydrogens is 328 g/mol. The average Bonchev–Trinajstić information content (AvgIpc) is 2.69. The standard InChI is InChI=1S/C21H26N2O3/c1-3-26-21(24)17-7-9-23(10-8-17)15-16-11-19(14-22-13-16)18-5-4-6-20(12-18)25-2/h4-6,11-14,17H,3,7-10,15H2,1-2H3.